The maximum atomic E-state index is 8.67. The van der Waals surface area contributed by atoms with Crippen molar-refractivity contribution in [1.82, 2.24) is 0 Å². The van der Waals surface area contributed by atoms with Crippen LogP contribution in [0.2, 0.25) is 0 Å². The van der Waals surface area contributed by atoms with Gasteiger partial charge in [0.25, 0.3) is 0 Å². The smallest absolute Gasteiger partial charge is 0.151 e. The molecule has 0 radical (unpaired) electrons. The molecule has 68 valence electrons. The van der Waals surface area contributed by atoms with Gasteiger partial charge in [0.2, 0.25) is 0 Å². The predicted octanol–water partition coefficient (Wildman–Crippen LogP) is 0.308. The number of hydrogen-bond acceptors (Lipinski definition) is 3. The van der Waals surface area contributed by atoms with Crippen LogP contribution in [-0.2, 0) is 0 Å². The van der Waals surface area contributed by atoms with Gasteiger partial charge in [-0.25, -0.2) is 0 Å². The summed E-state index contributed by atoms with van der Waals surface area (Å²) in [6.07, 6.45) is 0.158. The molecule has 0 bridgehead atoms. The highest BCUT2D eigenvalue weighted by atomic mass is 16.5. The highest BCUT2D eigenvalue weighted by Gasteiger charge is 2.12. The minimum absolute atomic E-state index is 0.245. The van der Waals surface area contributed by atoms with Gasteiger partial charge >= 0.3 is 0 Å². The van der Waals surface area contributed by atoms with Gasteiger partial charge in [-0.1, -0.05) is 13.8 Å². The summed E-state index contributed by atoms with van der Waals surface area (Å²) < 4.78 is 0. The van der Waals surface area contributed by atoms with Crippen LogP contribution >= 0.6 is 0 Å². The number of hydrogen-bond donors (Lipinski definition) is 3. The molecule has 0 saturated carbocycles. The lowest BCUT2D eigenvalue weighted by molar-refractivity contribution is -0.0566. The lowest BCUT2D eigenvalue weighted by atomic mass is 9.94. The summed E-state index contributed by atoms with van der Waals surface area (Å²) >= 11 is 0. The van der Waals surface area contributed by atoms with Crippen LogP contribution in [0.4, 0.5) is 0 Å². The molecule has 0 fully saturated rings. The summed E-state index contributed by atoms with van der Waals surface area (Å²) in [4.78, 5) is 0. The Morgan fingerprint density at radius 1 is 1.18 bits per heavy atom. The fourth-order valence-corrected chi connectivity index (χ4v) is 1.25. The monoisotopic (exact) mass is 161 g/mol. The van der Waals surface area contributed by atoms with E-state index in [1.54, 1.807) is 0 Å². The molecule has 0 unspecified atom stereocenters. The molecule has 0 aromatic carbocycles. The zero-order chi connectivity index (χ0) is 8.85. The highest BCUT2D eigenvalue weighted by molar-refractivity contribution is 4.62. The first-order valence-electron chi connectivity index (χ1n) is 4.12. The molecule has 0 aliphatic rings. The van der Waals surface area contributed by atoms with E-state index in [0.717, 1.165) is 6.42 Å². The van der Waals surface area contributed by atoms with Gasteiger partial charge in [-0.15, -0.1) is 0 Å². The predicted molar refractivity (Wildman–Crippen MR) is 44.8 cm³/mol. The Bertz CT molecular complexity index is 84.1. The normalized spacial score (nSPS) is 14.5. The van der Waals surface area contributed by atoms with Crippen LogP contribution < -0.4 is 5.73 Å². The van der Waals surface area contributed by atoms with Crippen molar-refractivity contribution in [2.45, 2.75) is 33.0 Å². The first-order valence-corrected chi connectivity index (χ1v) is 4.12. The van der Waals surface area contributed by atoms with Gasteiger partial charge < -0.3 is 15.9 Å². The van der Waals surface area contributed by atoms with Crippen LogP contribution in [0.5, 0.6) is 0 Å². The van der Waals surface area contributed by atoms with Crippen molar-refractivity contribution in [3.8, 4) is 0 Å². The summed E-state index contributed by atoms with van der Waals surface area (Å²) in [5.41, 5.74) is 5.45. The number of nitrogens with two attached hydrogens (primary N) is 1. The third-order valence-electron chi connectivity index (χ3n) is 1.68. The minimum atomic E-state index is -1.21. The van der Waals surface area contributed by atoms with E-state index < -0.39 is 6.29 Å². The Labute approximate surface area is 68.2 Å². The zero-order valence-corrected chi connectivity index (χ0v) is 7.33. The highest BCUT2D eigenvalue weighted by Crippen LogP contribution is 2.14. The molecule has 0 aliphatic carbocycles. The topological polar surface area (TPSA) is 66.5 Å². The number of aliphatic hydroxyl groups is 2. The molecule has 0 aromatic heterocycles. The molecule has 0 rings (SSSR count). The average molecular weight is 161 g/mol. The molecule has 0 amide bonds. The van der Waals surface area contributed by atoms with Crippen molar-refractivity contribution in [3.63, 3.8) is 0 Å². The maximum Gasteiger partial charge on any atom is 0.151 e. The van der Waals surface area contributed by atoms with Gasteiger partial charge in [0.1, 0.15) is 0 Å². The third kappa shape index (κ3) is 6.28. The molecule has 0 aromatic rings. The van der Waals surface area contributed by atoms with E-state index in [1.807, 2.05) is 0 Å². The van der Waals surface area contributed by atoms with E-state index in [2.05, 4.69) is 13.8 Å². The van der Waals surface area contributed by atoms with Gasteiger partial charge in [0.15, 0.2) is 6.29 Å². The van der Waals surface area contributed by atoms with E-state index in [-0.39, 0.29) is 5.92 Å². The SMILES string of the molecule is CC(C)C[C@H](CN)CC(O)O. The van der Waals surface area contributed by atoms with E-state index in [0.29, 0.717) is 18.9 Å². The first-order chi connectivity index (χ1) is 5.06. The summed E-state index contributed by atoms with van der Waals surface area (Å²) in [6.45, 7) is 4.74. The van der Waals surface area contributed by atoms with Crippen molar-refractivity contribution < 1.29 is 10.2 Å². The Kier molecular flexibility index (Phi) is 5.46. The Morgan fingerprint density at radius 3 is 2.00 bits per heavy atom. The van der Waals surface area contributed by atoms with Crippen LogP contribution in [0.1, 0.15) is 26.7 Å². The van der Waals surface area contributed by atoms with Gasteiger partial charge in [0.05, 0.1) is 0 Å². The standard InChI is InChI=1S/C8H19NO2/c1-6(2)3-7(5-9)4-8(10)11/h6-8,10-11H,3-5,9H2,1-2H3/t7-/m0/s1. The molecule has 0 saturated heterocycles. The van der Waals surface area contributed by atoms with Gasteiger partial charge in [-0.2, -0.15) is 0 Å². The number of aliphatic hydroxyl groups excluding tert-OH is 1. The molecule has 3 nitrogen and oxygen atoms in total. The second kappa shape index (κ2) is 5.52. The van der Waals surface area contributed by atoms with Crippen LogP contribution in [0, 0.1) is 11.8 Å². The van der Waals surface area contributed by atoms with E-state index >= 15 is 0 Å². The van der Waals surface area contributed by atoms with Crippen molar-refractivity contribution >= 4 is 0 Å². The maximum absolute atomic E-state index is 8.67. The van der Waals surface area contributed by atoms with Crippen LogP contribution in [-0.4, -0.2) is 23.0 Å². The fraction of sp³-hybridized carbons (Fsp3) is 1.00. The molecule has 4 N–H and O–H groups in total. The van der Waals surface area contributed by atoms with Crippen molar-refractivity contribution in [1.29, 1.82) is 0 Å². The largest absolute Gasteiger partial charge is 0.368 e. The summed E-state index contributed by atoms with van der Waals surface area (Å²) in [7, 11) is 0. The van der Waals surface area contributed by atoms with Crippen molar-refractivity contribution in [2.75, 3.05) is 6.54 Å². The zero-order valence-electron chi connectivity index (χ0n) is 7.33. The lowest BCUT2D eigenvalue weighted by Gasteiger charge is -2.17. The van der Waals surface area contributed by atoms with Gasteiger partial charge in [-0.05, 0) is 24.8 Å². The Morgan fingerprint density at radius 2 is 1.73 bits per heavy atom. The van der Waals surface area contributed by atoms with Crippen LogP contribution in [0.3, 0.4) is 0 Å². The first kappa shape index (κ1) is 10.9. The lowest BCUT2D eigenvalue weighted by Crippen LogP contribution is -2.21. The van der Waals surface area contributed by atoms with E-state index in [9.17, 15) is 0 Å². The van der Waals surface area contributed by atoms with Crippen molar-refractivity contribution in [2.24, 2.45) is 17.6 Å². The molecule has 0 aliphatic heterocycles. The quantitative estimate of drug-likeness (QED) is 0.508. The summed E-state index contributed by atoms with van der Waals surface area (Å²) in [5, 5.41) is 17.3. The van der Waals surface area contributed by atoms with Gasteiger partial charge in [0, 0.05) is 6.42 Å². The minimum Gasteiger partial charge on any atom is -0.368 e. The molecule has 0 heterocycles. The molecule has 3 heteroatoms. The Hall–Kier alpha value is -0.120. The molecule has 11 heavy (non-hydrogen) atoms. The molecular weight excluding hydrogens is 142 g/mol. The summed E-state index contributed by atoms with van der Waals surface area (Å²) in [5.74, 6) is 0.817. The summed E-state index contributed by atoms with van der Waals surface area (Å²) in [6, 6.07) is 0. The van der Waals surface area contributed by atoms with Gasteiger partial charge in [-0.3, -0.25) is 0 Å². The second-order valence-corrected chi connectivity index (χ2v) is 3.45. The Balaban J connectivity index is 3.58. The van der Waals surface area contributed by atoms with Crippen molar-refractivity contribution in [3.05, 3.63) is 0 Å². The molecule has 0 spiro atoms. The molecular formula is C8H19NO2. The second-order valence-electron chi connectivity index (χ2n) is 3.45. The van der Waals surface area contributed by atoms with Crippen LogP contribution in [0.15, 0.2) is 0 Å². The fourth-order valence-electron chi connectivity index (χ4n) is 1.25. The third-order valence-corrected chi connectivity index (χ3v) is 1.68. The molecule has 1 atom stereocenters. The average Bonchev–Trinajstić information content (AvgIpc) is 1.84. The van der Waals surface area contributed by atoms with Crippen LogP contribution in [0.25, 0.3) is 0 Å². The number of rotatable bonds is 5. The van der Waals surface area contributed by atoms with E-state index in [1.165, 1.54) is 0 Å². The van der Waals surface area contributed by atoms with E-state index in [4.69, 9.17) is 15.9 Å².